The van der Waals surface area contributed by atoms with E-state index in [9.17, 15) is 18.0 Å². The fraction of sp³-hybridized carbons (Fsp3) is 0.214. The number of nitrogens with one attached hydrogen (secondary N) is 2. The molecule has 0 saturated carbocycles. The fourth-order valence-corrected chi connectivity index (χ4v) is 1.99. The van der Waals surface area contributed by atoms with Crippen LogP contribution in [0.1, 0.15) is 6.42 Å². The van der Waals surface area contributed by atoms with Crippen molar-refractivity contribution in [1.29, 1.82) is 5.26 Å². The maximum absolute atomic E-state index is 11.9. The van der Waals surface area contributed by atoms with Crippen LogP contribution >= 0.6 is 0 Å². The molecule has 1 aromatic carbocycles. The van der Waals surface area contributed by atoms with E-state index in [4.69, 9.17) is 9.81 Å². The van der Waals surface area contributed by atoms with E-state index in [0.717, 1.165) is 18.3 Å². The van der Waals surface area contributed by atoms with Gasteiger partial charge in [-0.3, -0.25) is 14.1 Å². The van der Waals surface area contributed by atoms with Crippen molar-refractivity contribution in [3.05, 3.63) is 36.0 Å². The summed E-state index contributed by atoms with van der Waals surface area (Å²) in [5.74, 6) is -1.15. The topological polar surface area (TPSA) is 146 Å². The number of hydrogen-bond acceptors (Lipinski definition) is 7. The lowest BCUT2D eigenvalue weighted by molar-refractivity contribution is -0.140. The van der Waals surface area contributed by atoms with Gasteiger partial charge in [-0.25, -0.2) is 0 Å². The van der Waals surface area contributed by atoms with Gasteiger partial charge in [-0.2, -0.15) is 13.7 Å². The molecule has 24 heavy (non-hydrogen) atoms. The Hall–Kier alpha value is -2.90. The number of anilines is 1. The highest BCUT2D eigenvalue weighted by molar-refractivity contribution is 7.85. The molecular formula is C14H15N3O6S. The molecule has 0 aromatic heterocycles. The van der Waals surface area contributed by atoms with Crippen molar-refractivity contribution in [1.82, 2.24) is 5.32 Å². The second-order valence-electron chi connectivity index (χ2n) is 4.40. The van der Waals surface area contributed by atoms with Gasteiger partial charge in [0, 0.05) is 18.4 Å². The Morgan fingerprint density at radius 3 is 2.46 bits per heavy atom. The average Bonchev–Trinajstić information content (AvgIpc) is 2.54. The molecule has 3 N–H and O–H groups in total. The first-order chi connectivity index (χ1) is 11.3. The summed E-state index contributed by atoms with van der Waals surface area (Å²) in [7, 11) is -3.07. The summed E-state index contributed by atoms with van der Waals surface area (Å²) in [6.07, 6.45) is 1.23. The number of esters is 1. The van der Waals surface area contributed by atoms with Crippen LogP contribution in [0.15, 0.2) is 40.9 Å². The number of benzene rings is 1. The quantitative estimate of drug-likeness (QED) is 0.210. The van der Waals surface area contributed by atoms with Crippen LogP contribution in [0.2, 0.25) is 0 Å². The second-order valence-corrected chi connectivity index (χ2v) is 5.83. The number of carbonyl (C=O) groups excluding carboxylic acids is 2. The minimum atomic E-state index is -4.32. The summed E-state index contributed by atoms with van der Waals surface area (Å²) < 4.78 is 35.1. The van der Waals surface area contributed by atoms with Crippen molar-refractivity contribution in [3.63, 3.8) is 0 Å². The van der Waals surface area contributed by atoms with E-state index >= 15 is 0 Å². The van der Waals surface area contributed by atoms with Gasteiger partial charge in [0.2, 0.25) is 0 Å². The summed E-state index contributed by atoms with van der Waals surface area (Å²) >= 11 is 0. The van der Waals surface area contributed by atoms with Crippen LogP contribution in [0.4, 0.5) is 5.69 Å². The first-order valence-electron chi connectivity index (χ1n) is 6.57. The molecule has 0 bridgehead atoms. The Kier molecular flexibility index (Phi) is 6.91. The Morgan fingerprint density at radius 1 is 1.33 bits per heavy atom. The molecule has 0 saturated heterocycles. The third-order valence-electron chi connectivity index (χ3n) is 2.72. The highest BCUT2D eigenvalue weighted by Gasteiger charge is 2.12. The number of hydrogen-bond donors (Lipinski definition) is 3. The third-order valence-corrected chi connectivity index (χ3v) is 3.59. The van der Waals surface area contributed by atoms with E-state index in [0.29, 0.717) is 0 Å². The second kappa shape index (κ2) is 8.66. The summed E-state index contributed by atoms with van der Waals surface area (Å²) in [6.45, 7) is 0.189. The average molecular weight is 353 g/mol. The van der Waals surface area contributed by atoms with Crippen molar-refractivity contribution in [2.75, 3.05) is 19.0 Å². The largest absolute Gasteiger partial charge is 0.469 e. The Labute approximate surface area is 138 Å². The van der Waals surface area contributed by atoms with E-state index in [1.807, 2.05) is 0 Å². The van der Waals surface area contributed by atoms with Crippen molar-refractivity contribution >= 4 is 27.7 Å². The zero-order valence-electron chi connectivity index (χ0n) is 12.6. The van der Waals surface area contributed by atoms with Gasteiger partial charge < -0.3 is 15.4 Å². The standard InChI is InChI=1S/C14H15N3O6S/c1-23-13(18)6-7-16-9-10(8-15)14(19)17-11-2-4-12(5-3-11)24(20,21)22/h2-5,9,16H,6-7H2,1H3,(H,17,19)(H,20,21,22)/b10-9-. The van der Waals surface area contributed by atoms with E-state index in [-0.39, 0.29) is 29.1 Å². The summed E-state index contributed by atoms with van der Waals surface area (Å²) in [6, 6.07) is 6.44. The summed E-state index contributed by atoms with van der Waals surface area (Å²) in [5, 5.41) is 14.0. The number of nitrogens with zero attached hydrogens (tertiary/aromatic N) is 1. The van der Waals surface area contributed by atoms with Gasteiger partial charge in [-0.1, -0.05) is 0 Å². The SMILES string of the molecule is COC(=O)CCN/C=C(/C#N)C(=O)Nc1ccc(S(=O)(=O)O)cc1. The van der Waals surface area contributed by atoms with Gasteiger partial charge in [0.05, 0.1) is 18.4 Å². The van der Waals surface area contributed by atoms with Crippen LogP contribution < -0.4 is 10.6 Å². The highest BCUT2D eigenvalue weighted by Crippen LogP contribution is 2.14. The fourth-order valence-electron chi connectivity index (χ4n) is 1.51. The molecule has 0 aliphatic rings. The number of methoxy groups -OCH3 is 1. The number of amides is 1. The maximum atomic E-state index is 11.9. The smallest absolute Gasteiger partial charge is 0.307 e. The molecule has 128 valence electrons. The molecule has 1 aromatic rings. The van der Waals surface area contributed by atoms with Crippen molar-refractivity contribution < 1.29 is 27.3 Å². The van der Waals surface area contributed by atoms with Crippen LogP contribution in [-0.2, 0) is 24.4 Å². The molecule has 0 atom stereocenters. The number of nitriles is 1. The first kappa shape index (κ1) is 19.1. The Morgan fingerprint density at radius 2 is 1.96 bits per heavy atom. The lowest BCUT2D eigenvalue weighted by atomic mass is 10.2. The van der Waals surface area contributed by atoms with Crippen LogP contribution in [-0.4, -0.2) is 38.5 Å². The minimum absolute atomic E-state index is 0.0738. The minimum Gasteiger partial charge on any atom is -0.469 e. The van der Waals surface area contributed by atoms with Crippen molar-refractivity contribution in [2.24, 2.45) is 0 Å². The van der Waals surface area contributed by atoms with Gasteiger partial charge >= 0.3 is 5.97 Å². The number of carbonyl (C=O) groups is 2. The molecule has 10 heteroatoms. The third kappa shape index (κ3) is 6.07. The lowest BCUT2D eigenvalue weighted by Gasteiger charge is -2.05. The van der Waals surface area contributed by atoms with Crippen LogP contribution in [0.25, 0.3) is 0 Å². The molecule has 0 fully saturated rings. The predicted molar refractivity (Wildman–Crippen MR) is 83.2 cm³/mol. The van der Waals surface area contributed by atoms with E-state index < -0.39 is 22.0 Å². The normalized spacial score (nSPS) is 11.3. The van der Waals surface area contributed by atoms with Crippen LogP contribution in [0.5, 0.6) is 0 Å². The van der Waals surface area contributed by atoms with Crippen LogP contribution in [0, 0.1) is 11.3 Å². The predicted octanol–water partition coefficient (Wildman–Crippen LogP) is 0.432. The first-order valence-corrected chi connectivity index (χ1v) is 8.01. The molecule has 0 aliphatic carbocycles. The van der Waals surface area contributed by atoms with E-state index in [1.165, 1.54) is 19.2 Å². The Bertz CT molecular complexity index is 778. The van der Waals surface area contributed by atoms with Crippen LogP contribution in [0.3, 0.4) is 0 Å². The number of ether oxygens (including phenoxy) is 1. The van der Waals surface area contributed by atoms with Crippen molar-refractivity contribution in [2.45, 2.75) is 11.3 Å². The molecule has 0 radical (unpaired) electrons. The summed E-state index contributed by atoms with van der Waals surface area (Å²) in [4.78, 5) is 22.5. The highest BCUT2D eigenvalue weighted by atomic mass is 32.2. The van der Waals surface area contributed by atoms with Gasteiger partial charge in [0.1, 0.15) is 11.6 Å². The van der Waals surface area contributed by atoms with Gasteiger partial charge in [0.25, 0.3) is 16.0 Å². The van der Waals surface area contributed by atoms with Gasteiger partial charge in [-0.05, 0) is 24.3 Å². The number of rotatable bonds is 7. The Balaban J connectivity index is 2.67. The molecule has 1 rings (SSSR count). The maximum Gasteiger partial charge on any atom is 0.307 e. The van der Waals surface area contributed by atoms with E-state index in [1.54, 1.807) is 6.07 Å². The van der Waals surface area contributed by atoms with Gasteiger partial charge in [-0.15, -0.1) is 0 Å². The van der Waals surface area contributed by atoms with Gasteiger partial charge in [0.15, 0.2) is 0 Å². The van der Waals surface area contributed by atoms with Crippen molar-refractivity contribution in [3.8, 4) is 6.07 Å². The van der Waals surface area contributed by atoms with E-state index in [2.05, 4.69) is 15.4 Å². The molecule has 1 amide bonds. The molecule has 0 aliphatic heterocycles. The lowest BCUT2D eigenvalue weighted by Crippen LogP contribution is -2.18. The zero-order valence-corrected chi connectivity index (χ0v) is 13.5. The molecular weight excluding hydrogens is 338 g/mol. The molecule has 0 heterocycles. The molecule has 9 nitrogen and oxygen atoms in total. The molecule has 0 spiro atoms. The summed E-state index contributed by atoms with van der Waals surface area (Å²) in [5.41, 5.74) is 0.00170. The monoisotopic (exact) mass is 353 g/mol. The molecule has 0 unspecified atom stereocenters. The zero-order chi connectivity index (χ0) is 18.2.